The van der Waals surface area contributed by atoms with E-state index in [0.717, 1.165) is 54.2 Å². The number of hydrazine groups is 1. The number of nitrogens with two attached hydrogens (primary N) is 1. The molecule has 5 heteroatoms. The molecule has 2 aromatic rings. The fourth-order valence-corrected chi connectivity index (χ4v) is 2.56. The standard InChI is InChI=1S/C15H21N5/c1-11-9-15(18-20-7-5-19(2)6-8-20)13-10-12(16)3-4-14(13)17-11/h3-4,9-10H,5-8,16H2,1-2H3,(H,17,18). The van der Waals surface area contributed by atoms with Gasteiger partial charge in [0.15, 0.2) is 0 Å². The first-order chi connectivity index (χ1) is 9.61. The SMILES string of the molecule is Cc1cc(NN2CCN(C)CC2)c2cc(N)ccc2n1. The van der Waals surface area contributed by atoms with E-state index >= 15 is 0 Å². The Hall–Kier alpha value is -1.85. The monoisotopic (exact) mass is 271 g/mol. The van der Waals surface area contributed by atoms with Gasteiger partial charge in [0.2, 0.25) is 0 Å². The molecule has 106 valence electrons. The first kappa shape index (κ1) is 13.1. The summed E-state index contributed by atoms with van der Waals surface area (Å²) in [6.07, 6.45) is 0. The van der Waals surface area contributed by atoms with Gasteiger partial charge >= 0.3 is 0 Å². The number of fused-ring (bicyclic) bond motifs is 1. The number of nitrogens with one attached hydrogen (secondary N) is 1. The summed E-state index contributed by atoms with van der Waals surface area (Å²) in [7, 11) is 2.16. The van der Waals surface area contributed by atoms with Crippen molar-refractivity contribution in [1.29, 1.82) is 0 Å². The number of likely N-dealkylation sites (N-methyl/N-ethyl adjacent to an activating group) is 1. The van der Waals surface area contributed by atoms with Crippen LogP contribution in [0.3, 0.4) is 0 Å². The molecule has 5 nitrogen and oxygen atoms in total. The molecule has 0 aliphatic carbocycles. The third kappa shape index (κ3) is 2.69. The second-order valence-corrected chi connectivity index (χ2v) is 5.49. The lowest BCUT2D eigenvalue weighted by molar-refractivity contribution is 0.179. The summed E-state index contributed by atoms with van der Waals surface area (Å²) < 4.78 is 0. The Morgan fingerprint density at radius 2 is 1.90 bits per heavy atom. The third-order valence-corrected chi connectivity index (χ3v) is 3.74. The summed E-state index contributed by atoms with van der Waals surface area (Å²) in [5.41, 5.74) is 13.3. The molecule has 1 saturated heterocycles. The van der Waals surface area contributed by atoms with Crippen LogP contribution < -0.4 is 11.2 Å². The van der Waals surface area contributed by atoms with Gasteiger partial charge in [-0.25, -0.2) is 5.01 Å². The predicted molar refractivity (Wildman–Crippen MR) is 83.6 cm³/mol. The number of nitrogens with zero attached hydrogens (tertiary/aromatic N) is 3. The molecule has 1 aromatic heterocycles. The van der Waals surface area contributed by atoms with Gasteiger partial charge in [-0.05, 0) is 38.2 Å². The van der Waals surface area contributed by atoms with Crippen LogP contribution in [0.1, 0.15) is 5.69 Å². The minimum absolute atomic E-state index is 0.768. The van der Waals surface area contributed by atoms with Crippen LogP contribution in [0.4, 0.5) is 11.4 Å². The number of aromatic nitrogens is 1. The van der Waals surface area contributed by atoms with Crippen LogP contribution in [0.15, 0.2) is 24.3 Å². The average molecular weight is 271 g/mol. The third-order valence-electron chi connectivity index (χ3n) is 3.74. The van der Waals surface area contributed by atoms with Crippen molar-refractivity contribution in [3.63, 3.8) is 0 Å². The molecule has 1 aliphatic rings. The van der Waals surface area contributed by atoms with Gasteiger partial charge in [-0.1, -0.05) is 0 Å². The number of nitrogen functional groups attached to an aromatic ring is 1. The first-order valence-electron chi connectivity index (χ1n) is 6.99. The van der Waals surface area contributed by atoms with Gasteiger partial charge in [-0.2, -0.15) is 0 Å². The van der Waals surface area contributed by atoms with Crippen LogP contribution >= 0.6 is 0 Å². The Morgan fingerprint density at radius 3 is 2.65 bits per heavy atom. The molecular weight excluding hydrogens is 250 g/mol. The highest BCUT2D eigenvalue weighted by molar-refractivity contribution is 5.93. The summed E-state index contributed by atoms with van der Waals surface area (Å²) in [6, 6.07) is 7.95. The molecule has 0 atom stereocenters. The van der Waals surface area contributed by atoms with Gasteiger partial charge in [0.1, 0.15) is 0 Å². The number of rotatable bonds is 2. The van der Waals surface area contributed by atoms with Crippen molar-refractivity contribution in [3.8, 4) is 0 Å². The van der Waals surface area contributed by atoms with E-state index in [1.807, 2.05) is 25.1 Å². The van der Waals surface area contributed by atoms with Crippen LogP contribution in [0, 0.1) is 6.92 Å². The van der Waals surface area contributed by atoms with Crippen molar-refractivity contribution < 1.29 is 0 Å². The fourth-order valence-electron chi connectivity index (χ4n) is 2.56. The summed E-state index contributed by atoms with van der Waals surface area (Å²) in [5.74, 6) is 0. The largest absolute Gasteiger partial charge is 0.399 e. The zero-order chi connectivity index (χ0) is 14.1. The first-order valence-corrected chi connectivity index (χ1v) is 6.99. The van der Waals surface area contributed by atoms with Gasteiger partial charge in [0.25, 0.3) is 0 Å². The normalized spacial score (nSPS) is 17.5. The van der Waals surface area contributed by atoms with E-state index in [4.69, 9.17) is 5.73 Å². The van der Waals surface area contributed by atoms with Gasteiger partial charge in [0, 0.05) is 42.9 Å². The molecule has 0 saturated carbocycles. The second-order valence-electron chi connectivity index (χ2n) is 5.49. The summed E-state index contributed by atoms with van der Waals surface area (Å²) in [5, 5.41) is 3.34. The van der Waals surface area contributed by atoms with Crippen molar-refractivity contribution in [2.45, 2.75) is 6.92 Å². The molecule has 1 aliphatic heterocycles. The molecule has 20 heavy (non-hydrogen) atoms. The zero-order valence-corrected chi connectivity index (χ0v) is 12.1. The number of piperazine rings is 1. The van der Waals surface area contributed by atoms with E-state index in [1.54, 1.807) is 0 Å². The maximum absolute atomic E-state index is 5.91. The maximum atomic E-state index is 5.91. The van der Waals surface area contributed by atoms with Gasteiger partial charge in [0.05, 0.1) is 11.2 Å². The second kappa shape index (κ2) is 5.26. The Bertz CT molecular complexity index is 617. The van der Waals surface area contributed by atoms with Crippen LogP contribution in [-0.2, 0) is 0 Å². The molecule has 2 heterocycles. The highest BCUT2D eigenvalue weighted by Crippen LogP contribution is 2.25. The summed E-state index contributed by atoms with van der Waals surface area (Å²) in [4.78, 5) is 6.90. The Morgan fingerprint density at radius 1 is 1.15 bits per heavy atom. The smallest absolute Gasteiger partial charge is 0.0727 e. The van der Waals surface area contributed by atoms with Crippen molar-refractivity contribution in [2.75, 3.05) is 44.4 Å². The van der Waals surface area contributed by atoms with Crippen LogP contribution in [0.25, 0.3) is 10.9 Å². The number of hydrogen-bond acceptors (Lipinski definition) is 5. The lowest BCUT2D eigenvalue weighted by Crippen LogP contribution is -2.46. The number of pyridine rings is 1. The van der Waals surface area contributed by atoms with Crippen LogP contribution in [0.2, 0.25) is 0 Å². The van der Waals surface area contributed by atoms with E-state index in [1.165, 1.54) is 0 Å². The number of anilines is 2. The van der Waals surface area contributed by atoms with Crippen molar-refractivity contribution in [3.05, 3.63) is 30.0 Å². The van der Waals surface area contributed by atoms with Gasteiger partial charge in [-0.15, -0.1) is 0 Å². The van der Waals surface area contributed by atoms with E-state index in [2.05, 4.69) is 33.4 Å². The molecular formula is C15H21N5. The minimum atomic E-state index is 0.768. The Labute approximate surface area is 119 Å². The Kier molecular flexibility index (Phi) is 3.46. The fraction of sp³-hybridized carbons (Fsp3) is 0.400. The summed E-state index contributed by atoms with van der Waals surface area (Å²) in [6.45, 7) is 6.21. The summed E-state index contributed by atoms with van der Waals surface area (Å²) >= 11 is 0. The highest BCUT2D eigenvalue weighted by atomic mass is 15.5. The van der Waals surface area contributed by atoms with Gasteiger partial charge < -0.3 is 16.1 Å². The lowest BCUT2D eigenvalue weighted by atomic mass is 10.1. The van der Waals surface area contributed by atoms with E-state index in [9.17, 15) is 0 Å². The minimum Gasteiger partial charge on any atom is -0.399 e. The number of aryl methyl sites for hydroxylation is 1. The number of hydrogen-bond donors (Lipinski definition) is 2. The molecule has 3 rings (SSSR count). The van der Waals surface area contributed by atoms with Crippen molar-refractivity contribution in [1.82, 2.24) is 14.9 Å². The number of benzene rings is 1. The molecule has 0 spiro atoms. The average Bonchev–Trinajstić information content (AvgIpc) is 2.42. The Balaban J connectivity index is 1.92. The van der Waals surface area contributed by atoms with E-state index < -0.39 is 0 Å². The maximum Gasteiger partial charge on any atom is 0.0727 e. The molecule has 3 N–H and O–H groups in total. The molecule has 1 fully saturated rings. The molecule has 1 aromatic carbocycles. The lowest BCUT2D eigenvalue weighted by Gasteiger charge is -2.33. The topological polar surface area (TPSA) is 57.4 Å². The van der Waals surface area contributed by atoms with Gasteiger partial charge in [-0.3, -0.25) is 4.98 Å². The van der Waals surface area contributed by atoms with Crippen LogP contribution in [-0.4, -0.2) is 48.1 Å². The zero-order valence-electron chi connectivity index (χ0n) is 12.1. The highest BCUT2D eigenvalue weighted by Gasteiger charge is 2.14. The molecule has 0 unspecified atom stereocenters. The van der Waals surface area contributed by atoms with Crippen molar-refractivity contribution >= 4 is 22.3 Å². The van der Waals surface area contributed by atoms with E-state index in [-0.39, 0.29) is 0 Å². The molecule has 0 amide bonds. The quantitative estimate of drug-likeness (QED) is 0.814. The van der Waals surface area contributed by atoms with E-state index in [0.29, 0.717) is 0 Å². The molecule has 0 radical (unpaired) electrons. The van der Waals surface area contributed by atoms with Crippen LogP contribution in [0.5, 0.6) is 0 Å². The molecule has 0 bridgehead atoms. The predicted octanol–water partition coefficient (Wildman–Crippen LogP) is 1.70. The van der Waals surface area contributed by atoms with Crippen molar-refractivity contribution in [2.24, 2.45) is 0 Å².